The van der Waals surface area contributed by atoms with Crippen LogP contribution in [-0.4, -0.2) is 66.5 Å². The molecule has 118 valence electrons. The van der Waals surface area contributed by atoms with E-state index in [4.69, 9.17) is 15.6 Å². The zero-order valence-corrected chi connectivity index (χ0v) is 11.2. The highest BCUT2D eigenvalue weighted by atomic mass is 16.6. The summed E-state index contributed by atoms with van der Waals surface area (Å²) in [7, 11) is 0. The molecule has 0 spiro atoms. The van der Waals surface area contributed by atoms with Gasteiger partial charge in [-0.15, -0.1) is 0 Å². The molecule has 1 aliphatic heterocycles. The Morgan fingerprint density at radius 1 is 1.41 bits per heavy atom. The van der Waals surface area contributed by atoms with Gasteiger partial charge < -0.3 is 25.8 Å². The summed E-state index contributed by atoms with van der Waals surface area (Å²) in [5.41, 5.74) is 4.89. The molecular weight excluding hydrogens is 296 g/mol. The number of anilines is 1. The zero-order valence-electron chi connectivity index (χ0n) is 11.2. The maximum Gasteiger partial charge on any atom is 0.280 e. The number of fused-ring (bicyclic) bond motifs is 1. The maximum absolute atomic E-state index is 11.9. The lowest BCUT2D eigenvalue weighted by Gasteiger charge is -2.17. The van der Waals surface area contributed by atoms with Crippen molar-refractivity contribution in [2.24, 2.45) is 4.99 Å². The van der Waals surface area contributed by atoms with Crippen molar-refractivity contribution in [1.29, 1.82) is 0 Å². The fourth-order valence-corrected chi connectivity index (χ4v) is 2.43. The number of hydrogen-bond donors (Lipinski definition) is 5. The van der Waals surface area contributed by atoms with Crippen LogP contribution in [0.3, 0.4) is 0 Å². The number of H-pyrrole nitrogens is 1. The third kappa shape index (κ3) is 1.99. The second kappa shape index (κ2) is 5.14. The average molecular weight is 310 g/mol. The van der Waals surface area contributed by atoms with Crippen molar-refractivity contribution >= 4 is 29.8 Å². The monoisotopic (exact) mass is 310 g/mol. The van der Waals surface area contributed by atoms with Gasteiger partial charge in [-0.25, -0.2) is 9.98 Å². The van der Waals surface area contributed by atoms with Gasteiger partial charge in [0.05, 0.1) is 6.61 Å². The first-order chi connectivity index (χ1) is 10.5. The Kier molecular flexibility index (Phi) is 3.41. The number of nitrogen functional groups attached to an aromatic ring is 1. The normalized spacial score (nSPS) is 28.3. The van der Waals surface area contributed by atoms with Crippen molar-refractivity contribution in [3.8, 4) is 0 Å². The summed E-state index contributed by atoms with van der Waals surface area (Å²) in [5.74, 6) is -0.186. The van der Waals surface area contributed by atoms with Gasteiger partial charge in [-0.3, -0.25) is 14.3 Å². The molecule has 0 aliphatic carbocycles. The van der Waals surface area contributed by atoms with E-state index in [1.165, 1.54) is 4.57 Å². The van der Waals surface area contributed by atoms with Crippen LogP contribution in [0.15, 0.2) is 9.79 Å². The summed E-state index contributed by atoms with van der Waals surface area (Å²) in [6.45, 7) is 2.85. The molecular formula is C11H14N6O5. The first-order valence-electron chi connectivity index (χ1n) is 6.34. The molecule has 2 aromatic rings. The van der Waals surface area contributed by atoms with E-state index in [-0.39, 0.29) is 23.1 Å². The van der Waals surface area contributed by atoms with E-state index < -0.39 is 36.7 Å². The van der Waals surface area contributed by atoms with Crippen LogP contribution in [0, 0.1) is 0 Å². The van der Waals surface area contributed by atoms with Crippen LogP contribution >= 0.6 is 0 Å². The summed E-state index contributed by atoms with van der Waals surface area (Å²) in [5, 5.41) is 29.1. The number of nitrogens with one attached hydrogen (secondary N) is 1. The average Bonchev–Trinajstić information content (AvgIpc) is 2.98. The van der Waals surface area contributed by atoms with Crippen molar-refractivity contribution in [3.05, 3.63) is 10.4 Å². The number of aliphatic hydroxyl groups is 3. The van der Waals surface area contributed by atoms with Crippen molar-refractivity contribution in [3.63, 3.8) is 0 Å². The Balaban J connectivity index is 2.22. The molecule has 2 unspecified atom stereocenters. The van der Waals surface area contributed by atoms with Gasteiger partial charge in [-0.2, -0.15) is 4.98 Å². The van der Waals surface area contributed by atoms with Crippen molar-refractivity contribution in [1.82, 2.24) is 19.5 Å². The van der Waals surface area contributed by atoms with Crippen molar-refractivity contribution in [2.45, 2.75) is 24.5 Å². The number of aromatic amines is 1. The molecule has 1 saturated heterocycles. The summed E-state index contributed by atoms with van der Waals surface area (Å²) in [4.78, 5) is 25.7. The third-order valence-electron chi connectivity index (χ3n) is 3.46. The minimum Gasteiger partial charge on any atom is -0.394 e. The van der Waals surface area contributed by atoms with Crippen LogP contribution in [0.5, 0.6) is 0 Å². The van der Waals surface area contributed by atoms with Crippen LogP contribution in [0.4, 0.5) is 11.9 Å². The van der Waals surface area contributed by atoms with Crippen LogP contribution in [0.1, 0.15) is 6.23 Å². The predicted molar refractivity (Wildman–Crippen MR) is 74.8 cm³/mol. The van der Waals surface area contributed by atoms with E-state index in [9.17, 15) is 15.0 Å². The molecule has 0 radical (unpaired) electrons. The predicted octanol–water partition coefficient (Wildman–Crippen LogP) is -2.35. The molecule has 1 fully saturated rings. The number of aromatic nitrogens is 4. The molecule has 3 rings (SSSR count). The molecule has 0 aromatic carbocycles. The van der Waals surface area contributed by atoms with E-state index in [2.05, 4.69) is 26.7 Å². The summed E-state index contributed by atoms with van der Waals surface area (Å²) in [6, 6.07) is 0. The van der Waals surface area contributed by atoms with E-state index in [0.29, 0.717) is 0 Å². The van der Waals surface area contributed by atoms with Gasteiger partial charge in [0.25, 0.3) is 5.56 Å². The first kappa shape index (κ1) is 14.6. The van der Waals surface area contributed by atoms with E-state index in [0.717, 1.165) is 0 Å². The smallest absolute Gasteiger partial charge is 0.280 e. The second-order valence-corrected chi connectivity index (χ2v) is 4.79. The van der Waals surface area contributed by atoms with Crippen LogP contribution in [0.2, 0.25) is 0 Å². The molecule has 2 aromatic heterocycles. The molecule has 4 atom stereocenters. The lowest BCUT2D eigenvalue weighted by atomic mass is 10.1. The van der Waals surface area contributed by atoms with E-state index >= 15 is 0 Å². The zero-order chi connectivity index (χ0) is 16.0. The molecule has 0 amide bonds. The minimum absolute atomic E-state index is 0.0264. The standard InChI is InChI=1S/C11H14N6O5/c1-13-11-14-4-7(15-10(12)16-8(4)21)17(11)9-6(20)5(19)3(2-18)22-9/h3,5-6,9,18-20H,1-2H2,(H3,12,15,16,21)/t3-,5?,6?,9-/m1/s1. The lowest BCUT2D eigenvalue weighted by Crippen LogP contribution is -2.33. The van der Waals surface area contributed by atoms with Crippen molar-refractivity contribution in [2.75, 3.05) is 12.3 Å². The second-order valence-electron chi connectivity index (χ2n) is 4.79. The summed E-state index contributed by atoms with van der Waals surface area (Å²) in [6.07, 6.45) is -4.83. The van der Waals surface area contributed by atoms with Gasteiger partial charge >= 0.3 is 0 Å². The molecule has 0 bridgehead atoms. The Bertz CT molecular complexity index is 785. The van der Waals surface area contributed by atoms with Gasteiger partial charge in [0.1, 0.15) is 18.3 Å². The first-order valence-corrected chi connectivity index (χ1v) is 6.34. The maximum atomic E-state index is 11.9. The van der Waals surface area contributed by atoms with Crippen LogP contribution < -0.4 is 11.3 Å². The number of nitrogens with two attached hydrogens (primary N) is 1. The quantitative estimate of drug-likeness (QED) is 0.392. The Morgan fingerprint density at radius 3 is 2.73 bits per heavy atom. The number of rotatable bonds is 3. The highest BCUT2D eigenvalue weighted by molar-refractivity contribution is 5.74. The van der Waals surface area contributed by atoms with Gasteiger partial charge in [0, 0.05) is 0 Å². The fraction of sp³-hybridized carbons (Fsp3) is 0.455. The van der Waals surface area contributed by atoms with Gasteiger partial charge in [-0.1, -0.05) is 0 Å². The van der Waals surface area contributed by atoms with Gasteiger partial charge in [0.2, 0.25) is 11.9 Å². The summed E-state index contributed by atoms with van der Waals surface area (Å²) >= 11 is 0. The number of imidazole rings is 1. The van der Waals surface area contributed by atoms with E-state index in [1.807, 2.05) is 0 Å². The molecule has 22 heavy (non-hydrogen) atoms. The number of hydrogen-bond acceptors (Lipinski definition) is 9. The van der Waals surface area contributed by atoms with Gasteiger partial charge in [-0.05, 0) is 6.72 Å². The Morgan fingerprint density at radius 2 is 2.14 bits per heavy atom. The topological polar surface area (TPSA) is 172 Å². The largest absolute Gasteiger partial charge is 0.394 e. The van der Waals surface area contributed by atoms with Crippen molar-refractivity contribution < 1.29 is 20.1 Å². The molecule has 11 heteroatoms. The van der Waals surface area contributed by atoms with Crippen LogP contribution in [-0.2, 0) is 4.74 Å². The van der Waals surface area contributed by atoms with Crippen LogP contribution in [0.25, 0.3) is 11.2 Å². The molecule has 0 saturated carbocycles. The lowest BCUT2D eigenvalue weighted by molar-refractivity contribution is -0.0502. The highest BCUT2D eigenvalue weighted by Crippen LogP contribution is 2.34. The number of nitrogens with zero attached hydrogens (tertiary/aromatic N) is 4. The number of ether oxygens (including phenoxy) is 1. The highest BCUT2D eigenvalue weighted by Gasteiger charge is 2.45. The SMILES string of the molecule is C=Nc1nc2c(=O)[nH]c(N)nc2n1[C@@H]1O[C@H](CO)C(O)C1O. The number of aliphatic imine (C=N–C) groups is 1. The third-order valence-corrected chi connectivity index (χ3v) is 3.46. The molecule has 1 aliphatic rings. The number of aliphatic hydroxyl groups excluding tert-OH is 3. The summed E-state index contributed by atoms with van der Waals surface area (Å²) < 4.78 is 6.61. The molecule has 6 N–H and O–H groups in total. The Hall–Kier alpha value is -2.34. The van der Waals surface area contributed by atoms with E-state index in [1.54, 1.807) is 0 Å². The Labute approximate surface area is 122 Å². The molecule has 3 heterocycles. The fourth-order valence-electron chi connectivity index (χ4n) is 2.43. The minimum atomic E-state index is -1.38. The molecule has 11 nitrogen and oxygen atoms in total. The van der Waals surface area contributed by atoms with Gasteiger partial charge in [0.15, 0.2) is 17.4 Å².